The molecule has 125 heavy (non-hydrogen) atoms. The number of benzene rings is 13. The zero-order chi connectivity index (χ0) is 88.9. The number of hydrazone groups is 4. The molecule has 13 aromatic rings. The van der Waals surface area contributed by atoms with E-state index in [2.05, 4.69) is 52.4 Å². The Hall–Kier alpha value is -15.4. The van der Waals surface area contributed by atoms with E-state index in [1.54, 1.807) is 43.8 Å². The molecule has 628 valence electrons. The topological polar surface area (TPSA) is 392 Å². The van der Waals surface area contributed by atoms with Crippen LogP contribution in [0.3, 0.4) is 0 Å². The number of aromatic hydroxyl groups is 4. The highest BCUT2D eigenvalue weighted by molar-refractivity contribution is 6.33. The zero-order valence-corrected chi connectivity index (χ0v) is 69.0. The Labute approximate surface area is 734 Å². The van der Waals surface area contributed by atoms with Crippen LogP contribution in [0.5, 0.6) is 23.0 Å². The second kappa shape index (κ2) is 44.2. The number of hydrogen-bond donors (Lipinski definition) is 12. The molecule has 2 atom stereocenters. The van der Waals surface area contributed by atoms with Crippen LogP contribution in [-0.4, -0.2) is 121 Å². The lowest BCUT2D eigenvalue weighted by atomic mass is 9.99. The van der Waals surface area contributed by atoms with Gasteiger partial charge in [-0.05, 0) is 158 Å². The normalized spacial score (nSPS) is 13.2. The average molecular weight is 1750 g/mol. The monoisotopic (exact) mass is 1750 g/mol. The third-order valence-corrected chi connectivity index (χ3v) is 19.7. The molecule has 1 aliphatic heterocycles. The van der Waals surface area contributed by atoms with E-state index in [1.165, 1.54) is 85.1 Å². The molecule has 12 N–H and O–H groups in total. The smallest absolute Gasteiger partial charge is 0.328 e. The molecule has 1 fully saturated rings. The van der Waals surface area contributed by atoms with Crippen molar-refractivity contribution >= 4 is 186 Å². The number of carboxylic acids is 2. The van der Waals surface area contributed by atoms with Crippen molar-refractivity contribution in [2.45, 2.75) is 32.0 Å². The van der Waals surface area contributed by atoms with Crippen LogP contribution in [0, 0.1) is 0 Å². The number of carbonyl (C=O) groups excluding carboxylic acids is 5. The van der Waals surface area contributed by atoms with Gasteiger partial charge in [-0.3, -0.25) is 34.1 Å². The van der Waals surface area contributed by atoms with Gasteiger partial charge in [0.25, 0.3) is 35.6 Å². The minimum Gasteiger partial charge on any atom is -0.506 e. The predicted octanol–water partition coefficient (Wildman–Crippen LogP) is 18.5. The van der Waals surface area contributed by atoms with Crippen molar-refractivity contribution in [2.75, 3.05) is 6.54 Å². The predicted molar refractivity (Wildman–Crippen MR) is 492 cm³/mol. The summed E-state index contributed by atoms with van der Waals surface area (Å²) in [4.78, 5) is 86.8. The molecule has 0 radical (unpaired) electrons. The number of nitrogens with zero attached hydrogens (tertiary/aromatic N) is 5. The number of nitrogens with one attached hydrogen (secondary N) is 5. The minimum absolute atomic E-state index is 0.0765. The Bertz CT molecular complexity index is 6530. The second-order valence-corrected chi connectivity index (χ2v) is 28.8. The highest BCUT2D eigenvalue weighted by Gasteiger charge is 2.32. The highest BCUT2D eigenvalue weighted by Crippen LogP contribution is 2.32. The number of aliphatic imine (C=N–C) groups is 1. The van der Waals surface area contributed by atoms with Crippen molar-refractivity contribution in [1.29, 1.82) is 0 Å². The van der Waals surface area contributed by atoms with Crippen molar-refractivity contribution in [3.8, 4) is 23.0 Å². The molecule has 1 heterocycles. The van der Waals surface area contributed by atoms with Crippen molar-refractivity contribution in [1.82, 2.24) is 27.0 Å². The van der Waals surface area contributed by atoms with E-state index in [1.807, 2.05) is 194 Å². The average Bonchev–Trinajstić information content (AvgIpc) is 1.60. The minimum atomic E-state index is -1.02. The van der Waals surface area contributed by atoms with Crippen molar-refractivity contribution in [3.05, 3.63) is 365 Å². The van der Waals surface area contributed by atoms with Gasteiger partial charge in [0.1, 0.15) is 23.0 Å². The number of ether oxygens (including phenoxy) is 1. The molecule has 0 aliphatic carbocycles. The summed E-state index contributed by atoms with van der Waals surface area (Å²) in [5, 5.41) is 91.6. The van der Waals surface area contributed by atoms with Crippen molar-refractivity contribution in [3.63, 3.8) is 0 Å². The van der Waals surface area contributed by atoms with Gasteiger partial charge in [-0.1, -0.05) is 259 Å². The Morgan fingerprint density at radius 1 is 0.408 bits per heavy atom. The highest BCUT2D eigenvalue weighted by atomic mass is 35.5. The van der Waals surface area contributed by atoms with Gasteiger partial charge >= 0.3 is 11.9 Å². The number of rotatable bonds is 24. The van der Waals surface area contributed by atoms with Crippen molar-refractivity contribution in [2.24, 2.45) is 25.4 Å². The van der Waals surface area contributed by atoms with Crippen LogP contribution in [0.2, 0.25) is 20.1 Å². The summed E-state index contributed by atoms with van der Waals surface area (Å²) in [6.07, 6.45) is 19.3. The summed E-state index contributed by atoms with van der Waals surface area (Å²) >= 11 is 23.3. The van der Waals surface area contributed by atoms with Crippen LogP contribution in [0.15, 0.2) is 298 Å². The summed E-state index contributed by atoms with van der Waals surface area (Å²) in [6, 6.07) is 72.1. The van der Waals surface area contributed by atoms with Crippen LogP contribution >= 0.6 is 46.4 Å². The molecule has 25 nitrogen and oxygen atoms in total. The molecule has 2 unspecified atom stereocenters. The third kappa shape index (κ3) is 25.4. The first kappa shape index (κ1) is 90.4. The lowest BCUT2D eigenvalue weighted by Crippen LogP contribution is -2.22. The number of aliphatic hydroxyl groups is 1. The number of amides is 5. The van der Waals surface area contributed by atoms with Gasteiger partial charge < -0.3 is 40.5 Å². The summed E-state index contributed by atoms with van der Waals surface area (Å²) in [6.45, 7) is 2.02. The van der Waals surface area contributed by atoms with Gasteiger partial charge in [0.2, 0.25) is 6.10 Å². The molecule has 0 saturated carbocycles. The fourth-order valence-corrected chi connectivity index (χ4v) is 13.1. The van der Waals surface area contributed by atoms with Gasteiger partial charge in [0, 0.05) is 62.6 Å². The summed E-state index contributed by atoms with van der Waals surface area (Å²) < 4.78 is 5.68. The van der Waals surface area contributed by atoms with Gasteiger partial charge in [0.15, 0.2) is 0 Å². The van der Waals surface area contributed by atoms with E-state index in [4.69, 9.17) is 61.4 Å². The van der Waals surface area contributed by atoms with E-state index in [0.29, 0.717) is 18.5 Å². The number of halogens is 4. The number of phenolic OH excluding ortho intramolecular Hbond substituents is 4. The number of aliphatic hydroxyl groups excluding tert-OH is 1. The van der Waals surface area contributed by atoms with Crippen LogP contribution in [0.1, 0.15) is 117 Å². The number of fused-ring (bicyclic) bond motifs is 4. The molecule has 0 bridgehead atoms. The maximum atomic E-state index is 12.3. The number of phenols is 4. The maximum Gasteiger partial charge on any atom is 0.328 e. The second-order valence-electron chi connectivity index (χ2n) is 27.2. The Morgan fingerprint density at radius 2 is 0.712 bits per heavy atom. The Kier molecular flexibility index (Phi) is 32.0. The largest absolute Gasteiger partial charge is 0.506 e. The van der Waals surface area contributed by atoms with Crippen LogP contribution in [0.25, 0.3) is 67.4 Å². The van der Waals surface area contributed by atoms with Crippen LogP contribution in [0.4, 0.5) is 0 Å². The number of carbonyl (C=O) groups is 7. The molecular weight excluding hydrogens is 1670 g/mol. The molecule has 0 spiro atoms. The summed E-state index contributed by atoms with van der Waals surface area (Å²) in [5.74, 6) is -4.27. The van der Waals surface area contributed by atoms with Crippen LogP contribution < -0.4 is 27.0 Å². The fourth-order valence-electron chi connectivity index (χ4n) is 12.3. The van der Waals surface area contributed by atoms with Gasteiger partial charge in [-0.15, -0.1) is 0 Å². The number of aliphatic carboxylic acids is 2. The maximum absolute atomic E-state index is 12.3. The van der Waals surface area contributed by atoms with Gasteiger partial charge in [0.05, 0.1) is 57.6 Å². The van der Waals surface area contributed by atoms with E-state index < -0.39 is 47.8 Å². The zero-order valence-electron chi connectivity index (χ0n) is 66.0. The molecule has 0 aromatic heterocycles. The molecule has 29 heteroatoms. The van der Waals surface area contributed by atoms with Gasteiger partial charge in [-0.25, -0.2) is 31.5 Å². The summed E-state index contributed by atoms with van der Waals surface area (Å²) in [5.41, 5.74) is 18.6. The van der Waals surface area contributed by atoms with E-state index in [0.717, 1.165) is 99.2 Å². The van der Waals surface area contributed by atoms with Gasteiger partial charge in [-0.2, -0.15) is 20.4 Å². The number of allylic oxidation sites excluding steroid dienone is 1. The third-order valence-electron chi connectivity index (χ3n) is 18.5. The molecule has 14 rings (SSSR count). The summed E-state index contributed by atoms with van der Waals surface area (Å²) in [7, 11) is 0. The molecule has 1 saturated heterocycles. The molecular formula is C96H76Cl4N10O15. The Balaban J connectivity index is 0.000000164. The standard InChI is InChI=1S/C30H23ClN4O4.C23H19ClN2O4.C22H19ClN2O3.C21H15ClN2O4/c31-25-17-21(14-15-26(25)36)28(37)35-33-18-22-13-12-19(23-10-4-5-11-24(22)23)9-6-16-32-30-34-29(38)27(39-30)20-7-2-1-3-8-20;24-20-13-16(11-12-21(20)27)23(30)26-25-14-17-10-9-15(5-1-4-8-22(28)29)18-6-2-3-7-19(17)18;1-14(26)6-7-15-8-9-17(19-5-3-2-4-18(15)19)13-24-25-22(28)16-10-11-21(27)20(23)12-16;22-18-11-14(7-9-19(18)25)21(28)24-23-12-15-6-5-13(8-10-20(26)27)16-3-1-2-4-17(15)16/h1-15,17-18,27,36H,16H2,(H,35,37)(H,32,34,38);1-3,5-7,9-14,27H,4,8H2,(H,26,30)(H,28,29);2-14,26-27H,1H3,(H,25,28);1-12,25H,(H,24,28)(H,26,27)/b9-6+,33-18+;5-1+,25-14+;7-6+,24-13+;10-8+,23-12+. The number of carboxylic acid groups (broad SMARTS) is 2. The Morgan fingerprint density at radius 3 is 1.03 bits per heavy atom. The molecule has 5 amide bonds. The van der Waals surface area contributed by atoms with Crippen LogP contribution in [-0.2, 0) is 19.1 Å². The quantitative estimate of drug-likeness (QED) is 0.0152. The fraction of sp³-hybridized carbons (Fsp3) is 0.0625. The first-order chi connectivity index (χ1) is 60.3. The van der Waals surface area contributed by atoms with Crippen molar-refractivity contribution < 1.29 is 74.0 Å². The van der Waals surface area contributed by atoms with E-state index in [9.17, 15) is 59.1 Å². The number of amidine groups is 1. The lowest BCUT2D eigenvalue weighted by molar-refractivity contribution is -0.137. The SMILES string of the molecule is CC(O)/C=C/c1ccc(/C=N/NC(=O)c2ccc(O)c(Cl)c2)c2ccccc12.O=C(N/N=C/c1ccc(/C=C/CN=C2NC(=O)C(c3ccccc3)O2)c2ccccc12)c1ccc(O)c(Cl)c1.O=C(O)/C=C/c1ccc(/C=N/NC(=O)c2ccc(O)c(Cl)c2)c2ccccc12.O=C(O)CC/C=C/c1ccc(/C=N/NC(=O)c2ccc(O)c(Cl)c2)c2ccccc12. The number of hydrogen-bond acceptors (Lipinski definition) is 18. The van der Waals surface area contributed by atoms with E-state index in [-0.39, 0.29) is 78.1 Å². The van der Waals surface area contributed by atoms with E-state index >= 15 is 0 Å². The first-order valence-corrected chi connectivity index (χ1v) is 39.6. The molecule has 13 aromatic carbocycles. The molecule has 1 aliphatic rings. The lowest BCUT2D eigenvalue weighted by Gasteiger charge is -2.07. The first-order valence-electron chi connectivity index (χ1n) is 38.1.